The number of allylic oxidation sites excluding steroid dienone is 1. The number of unbranched alkanes of at least 4 members (excludes halogenated alkanes) is 3. The zero-order valence-corrected chi connectivity index (χ0v) is 23.8. The summed E-state index contributed by atoms with van der Waals surface area (Å²) >= 11 is 0. The second-order valence-corrected chi connectivity index (χ2v) is 11.8. The lowest BCUT2D eigenvalue weighted by Crippen LogP contribution is -2.58. The summed E-state index contributed by atoms with van der Waals surface area (Å²) in [6.07, 6.45) is 14.2. The van der Waals surface area contributed by atoms with Crippen LogP contribution in [0.4, 0.5) is 0 Å². The maximum absolute atomic E-state index is 14.5. The Morgan fingerprint density at radius 2 is 1.90 bits per heavy atom. The van der Waals surface area contributed by atoms with Gasteiger partial charge in [0.05, 0.1) is 18.1 Å². The van der Waals surface area contributed by atoms with Crippen LogP contribution in [0.25, 0.3) is 0 Å². The molecule has 4 rings (SSSR count). The number of hydrogen-bond donors (Lipinski definition) is 1. The number of aliphatic hydroxyl groups is 1. The number of nitrogens with zero attached hydrogens (tertiary/aromatic N) is 2. The summed E-state index contributed by atoms with van der Waals surface area (Å²) in [7, 11) is 0. The topological polar surface area (TPSA) is 96.4 Å². The Balaban J connectivity index is 1.66. The monoisotopic (exact) mass is 544 g/mol. The maximum atomic E-state index is 14.5. The molecule has 2 bridgehead atoms. The predicted molar refractivity (Wildman–Crippen MR) is 149 cm³/mol. The van der Waals surface area contributed by atoms with E-state index in [0.29, 0.717) is 51.8 Å². The summed E-state index contributed by atoms with van der Waals surface area (Å²) in [5, 5.41) is 9.41. The average molecular weight is 545 g/mol. The third-order valence-corrected chi connectivity index (χ3v) is 9.65. The Morgan fingerprint density at radius 1 is 1.13 bits per heavy atom. The molecule has 8 nitrogen and oxygen atoms in total. The number of ether oxygens (including phenoxy) is 2. The van der Waals surface area contributed by atoms with Crippen molar-refractivity contribution in [1.29, 1.82) is 0 Å². The minimum Gasteiger partial charge on any atom is -0.465 e. The van der Waals surface area contributed by atoms with E-state index in [4.69, 9.17) is 9.47 Å². The molecule has 0 aromatic rings. The van der Waals surface area contributed by atoms with Crippen LogP contribution < -0.4 is 0 Å². The number of esters is 1. The van der Waals surface area contributed by atoms with Crippen molar-refractivity contribution in [3.63, 3.8) is 0 Å². The highest BCUT2D eigenvalue weighted by Gasteiger charge is 2.79. The van der Waals surface area contributed by atoms with Crippen LogP contribution in [0, 0.1) is 11.8 Å². The highest BCUT2D eigenvalue weighted by molar-refractivity contribution is 5.98. The smallest absolute Gasteiger partial charge is 0.312 e. The van der Waals surface area contributed by atoms with Crippen LogP contribution >= 0.6 is 0 Å². The van der Waals surface area contributed by atoms with Crippen LogP contribution in [0.3, 0.4) is 0 Å². The van der Waals surface area contributed by atoms with Gasteiger partial charge in [-0.1, -0.05) is 38.3 Å². The van der Waals surface area contributed by atoms with Crippen LogP contribution in [0.5, 0.6) is 0 Å². The van der Waals surface area contributed by atoms with Gasteiger partial charge >= 0.3 is 5.97 Å². The fraction of sp³-hybridized carbons (Fsp3) is 0.774. The molecule has 8 heteroatoms. The summed E-state index contributed by atoms with van der Waals surface area (Å²) in [5.74, 6) is -2.10. The van der Waals surface area contributed by atoms with Gasteiger partial charge in [-0.2, -0.15) is 0 Å². The molecule has 4 aliphatic rings. The number of fused-ring (bicyclic) bond motifs is 1. The third-order valence-electron chi connectivity index (χ3n) is 9.65. The maximum Gasteiger partial charge on any atom is 0.312 e. The van der Waals surface area contributed by atoms with Gasteiger partial charge in [0.2, 0.25) is 11.8 Å². The molecule has 1 N–H and O–H groups in total. The summed E-state index contributed by atoms with van der Waals surface area (Å²) in [6, 6.07) is -0.668. The Labute approximate surface area is 233 Å². The van der Waals surface area contributed by atoms with E-state index >= 15 is 0 Å². The summed E-state index contributed by atoms with van der Waals surface area (Å²) in [6.45, 7) is 10.8. The third kappa shape index (κ3) is 5.43. The van der Waals surface area contributed by atoms with Gasteiger partial charge in [0.1, 0.15) is 17.6 Å². The SMILES string of the molecule is C=CCCCCOC(=O)[C@H]1[C@H]2C(=O)N(CCCCO)C(C(=O)N(CC=C)C3CCCCC3)C23CC[C@]1(CC)O3. The minimum atomic E-state index is -1.04. The minimum absolute atomic E-state index is 0.0239. The quantitative estimate of drug-likeness (QED) is 0.189. The van der Waals surface area contributed by atoms with Crippen molar-refractivity contribution < 1.29 is 29.0 Å². The molecule has 218 valence electrons. The standard InChI is InChI=1S/C31H48N2O6/c1-4-7-8-14-22-38-29(37)25-24-27(35)33(20-12-13-21-34)26(31(24)18-17-30(25,6-3)39-31)28(36)32(19-5-2)23-15-10-9-11-16-23/h4-5,23-26,34H,1-2,6-22H2,3H3/t24-,25+,26?,30-,31?/m0/s1. The largest absolute Gasteiger partial charge is 0.465 e. The molecule has 0 aromatic carbocycles. The first kappa shape index (κ1) is 29.8. The fourth-order valence-electron chi connectivity index (χ4n) is 7.75. The molecule has 1 spiro atoms. The van der Waals surface area contributed by atoms with Crippen molar-refractivity contribution >= 4 is 17.8 Å². The van der Waals surface area contributed by atoms with Gasteiger partial charge in [-0.3, -0.25) is 14.4 Å². The predicted octanol–water partition coefficient (Wildman–Crippen LogP) is 4.16. The lowest BCUT2D eigenvalue weighted by atomic mass is 9.65. The zero-order chi connectivity index (χ0) is 28.0. The second-order valence-electron chi connectivity index (χ2n) is 11.8. The van der Waals surface area contributed by atoms with Gasteiger partial charge in [-0.25, -0.2) is 0 Å². The summed E-state index contributed by atoms with van der Waals surface area (Å²) in [4.78, 5) is 45.9. The normalized spacial score (nSPS) is 31.8. The molecule has 0 aromatic heterocycles. The molecule has 39 heavy (non-hydrogen) atoms. The van der Waals surface area contributed by atoms with E-state index in [-0.39, 0.29) is 30.4 Å². The van der Waals surface area contributed by atoms with E-state index in [1.165, 1.54) is 6.42 Å². The van der Waals surface area contributed by atoms with Gasteiger partial charge in [-0.05, 0) is 64.2 Å². The van der Waals surface area contributed by atoms with E-state index in [1.807, 2.05) is 17.9 Å². The lowest BCUT2D eigenvalue weighted by molar-refractivity contribution is -0.162. The van der Waals surface area contributed by atoms with Gasteiger partial charge in [0, 0.05) is 25.7 Å². The van der Waals surface area contributed by atoms with E-state index in [0.717, 1.165) is 44.9 Å². The van der Waals surface area contributed by atoms with Crippen LogP contribution in [-0.2, 0) is 23.9 Å². The second kappa shape index (κ2) is 13.0. The molecule has 0 radical (unpaired) electrons. The molecule has 2 unspecified atom stereocenters. The van der Waals surface area contributed by atoms with Crippen LogP contribution in [0.1, 0.15) is 90.4 Å². The molecule has 1 saturated carbocycles. The average Bonchev–Trinajstić information content (AvgIpc) is 3.55. The molecule has 3 saturated heterocycles. The highest BCUT2D eigenvalue weighted by Crippen LogP contribution is 2.64. The van der Waals surface area contributed by atoms with E-state index in [2.05, 4.69) is 13.2 Å². The molecule has 3 heterocycles. The highest BCUT2D eigenvalue weighted by atomic mass is 16.6. The molecular formula is C31H48N2O6. The van der Waals surface area contributed by atoms with Gasteiger partial charge in [0.15, 0.2) is 0 Å². The van der Waals surface area contributed by atoms with Crippen molar-refractivity contribution in [3.05, 3.63) is 25.3 Å². The van der Waals surface area contributed by atoms with E-state index in [1.54, 1.807) is 11.0 Å². The molecule has 1 aliphatic carbocycles. The van der Waals surface area contributed by atoms with Gasteiger partial charge in [0.25, 0.3) is 0 Å². The van der Waals surface area contributed by atoms with Crippen molar-refractivity contribution in [2.75, 3.05) is 26.3 Å². The molecule has 2 amide bonds. The number of amides is 2. The fourth-order valence-corrected chi connectivity index (χ4v) is 7.75. The number of aliphatic hydroxyl groups excluding tert-OH is 1. The molecule has 3 aliphatic heterocycles. The van der Waals surface area contributed by atoms with E-state index < -0.39 is 29.1 Å². The number of likely N-dealkylation sites (tertiary alicyclic amines) is 1. The molecule has 4 fully saturated rings. The zero-order valence-electron chi connectivity index (χ0n) is 23.8. The Kier molecular flexibility index (Phi) is 9.92. The van der Waals surface area contributed by atoms with Gasteiger partial charge in [-0.15, -0.1) is 13.2 Å². The number of carbonyl (C=O) groups is 3. The molecule has 5 atom stereocenters. The van der Waals surface area contributed by atoms with Crippen molar-refractivity contribution in [2.24, 2.45) is 11.8 Å². The van der Waals surface area contributed by atoms with Crippen LogP contribution in [0.2, 0.25) is 0 Å². The number of carbonyl (C=O) groups excluding carboxylic acids is 3. The first-order valence-electron chi connectivity index (χ1n) is 15.2. The van der Waals surface area contributed by atoms with Crippen LogP contribution in [0.15, 0.2) is 25.3 Å². The first-order chi connectivity index (χ1) is 18.9. The Bertz CT molecular complexity index is 917. The lowest BCUT2D eigenvalue weighted by Gasteiger charge is -2.40. The summed E-state index contributed by atoms with van der Waals surface area (Å²) in [5.41, 5.74) is -1.83. The molecular weight excluding hydrogens is 496 g/mol. The number of hydrogen-bond acceptors (Lipinski definition) is 6. The first-order valence-corrected chi connectivity index (χ1v) is 15.2. The number of rotatable bonds is 15. The Hall–Kier alpha value is -2.19. The van der Waals surface area contributed by atoms with Crippen LogP contribution in [-0.4, -0.2) is 82.3 Å². The van der Waals surface area contributed by atoms with Gasteiger partial charge < -0.3 is 24.4 Å². The Morgan fingerprint density at radius 3 is 2.56 bits per heavy atom. The van der Waals surface area contributed by atoms with Crippen molar-refractivity contribution in [2.45, 2.75) is 114 Å². The van der Waals surface area contributed by atoms with Crippen molar-refractivity contribution in [3.8, 4) is 0 Å². The van der Waals surface area contributed by atoms with Crippen molar-refractivity contribution in [1.82, 2.24) is 9.80 Å². The summed E-state index contributed by atoms with van der Waals surface area (Å²) < 4.78 is 12.6. The van der Waals surface area contributed by atoms with E-state index in [9.17, 15) is 19.5 Å².